The molecule has 0 bridgehead atoms. The molecule has 2 rings (SSSR count). The van der Waals surface area contributed by atoms with Gasteiger partial charge in [-0.05, 0) is 33.6 Å². The summed E-state index contributed by atoms with van der Waals surface area (Å²) in [6.07, 6.45) is 1.47. The Morgan fingerprint density at radius 1 is 1.41 bits per heavy atom. The molecule has 0 aliphatic rings. The van der Waals surface area contributed by atoms with Crippen LogP contribution in [0.1, 0.15) is 5.56 Å². The standard InChI is InChI=1S/C11H9BrN2O2S/c12-8-5-7(6-15)1-2-9(8)17-11-13-4-3-10(16)14-11/h1-5,15H,6H2,(H,13,14,16). The maximum Gasteiger partial charge on any atom is 0.251 e. The van der Waals surface area contributed by atoms with E-state index in [1.807, 2.05) is 18.2 Å². The van der Waals surface area contributed by atoms with Crippen LogP contribution in [-0.2, 0) is 6.61 Å². The second-order valence-electron chi connectivity index (χ2n) is 3.26. The van der Waals surface area contributed by atoms with Crippen LogP contribution in [0.3, 0.4) is 0 Å². The van der Waals surface area contributed by atoms with E-state index in [0.717, 1.165) is 14.9 Å². The first-order valence-corrected chi connectivity index (χ1v) is 6.42. The number of aromatic amines is 1. The second-order valence-corrected chi connectivity index (χ2v) is 5.15. The average Bonchev–Trinajstić information content (AvgIpc) is 2.32. The van der Waals surface area contributed by atoms with Crippen molar-refractivity contribution >= 4 is 27.7 Å². The van der Waals surface area contributed by atoms with E-state index in [2.05, 4.69) is 25.9 Å². The van der Waals surface area contributed by atoms with Crippen molar-refractivity contribution in [2.45, 2.75) is 16.7 Å². The molecule has 0 radical (unpaired) electrons. The minimum atomic E-state index is -0.175. The Hall–Kier alpha value is -1.11. The van der Waals surface area contributed by atoms with E-state index in [4.69, 9.17) is 5.11 Å². The number of hydrogen-bond acceptors (Lipinski definition) is 4. The molecule has 0 amide bonds. The van der Waals surface area contributed by atoms with E-state index in [1.165, 1.54) is 24.0 Å². The fourth-order valence-corrected chi connectivity index (χ4v) is 2.67. The number of nitrogens with one attached hydrogen (secondary N) is 1. The SMILES string of the molecule is O=c1ccnc(Sc2ccc(CO)cc2Br)[nH]1. The zero-order valence-electron chi connectivity index (χ0n) is 8.68. The van der Waals surface area contributed by atoms with Gasteiger partial charge in [-0.1, -0.05) is 17.8 Å². The molecule has 0 spiro atoms. The van der Waals surface area contributed by atoms with Crippen LogP contribution >= 0.6 is 27.7 Å². The molecule has 0 saturated heterocycles. The van der Waals surface area contributed by atoms with E-state index in [9.17, 15) is 4.79 Å². The first kappa shape index (κ1) is 12.3. The van der Waals surface area contributed by atoms with Crippen LogP contribution in [0.2, 0.25) is 0 Å². The average molecular weight is 313 g/mol. The Bertz CT molecular complexity index is 586. The van der Waals surface area contributed by atoms with Crippen LogP contribution < -0.4 is 5.56 Å². The third kappa shape index (κ3) is 3.18. The molecule has 88 valence electrons. The summed E-state index contributed by atoms with van der Waals surface area (Å²) in [6.45, 7) is 0.00394. The molecule has 6 heteroatoms. The summed E-state index contributed by atoms with van der Waals surface area (Å²) < 4.78 is 0.862. The molecule has 1 aromatic heterocycles. The lowest BCUT2D eigenvalue weighted by Gasteiger charge is -2.04. The highest BCUT2D eigenvalue weighted by Crippen LogP contribution is 2.31. The zero-order chi connectivity index (χ0) is 12.3. The van der Waals surface area contributed by atoms with Gasteiger partial charge in [0.2, 0.25) is 0 Å². The van der Waals surface area contributed by atoms with E-state index in [1.54, 1.807) is 0 Å². The van der Waals surface area contributed by atoms with E-state index >= 15 is 0 Å². The quantitative estimate of drug-likeness (QED) is 0.853. The smallest absolute Gasteiger partial charge is 0.251 e. The molecule has 0 saturated carbocycles. The van der Waals surface area contributed by atoms with Gasteiger partial charge in [0.05, 0.1) is 6.61 Å². The topological polar surface area (TPSA) is 66.0 Å². The lowest BCUT2D eigenvalue weighted by atomic mass is 10.2. The molecule has 0 fully saturated rings. The van der Waals surface area contributed by atoms with Crippen LogP contribution in [0.5, 0.6) is 0 Å². The van der Waals surface area contributed by atoms with Crippen molar-refractivity contribution in [2.24, 2.45) is 0 Å². The zero-order valence-corrected chi connectivity index (χ0v) is 11.1. The molecule has 2 aromatic rings. The van der Waals surface area contributed by atoms with Gasteiger partial charge in [0.1, 0.15) is 0 Å². The Labute approximate surface area is 110 Å². The van der Waals surface area contributed by atoms with Crippen LogP contribution in [0.15, 0.2) is 49.8 Å². The van der Waals surface area contributed by atoms with Gasteiger partial charge in [0, 0.05) is 21.6 Å². The number of H-pyrrole nitrogens is 1. The predicted octanol–water partition coefficient (Wildman–Crippen LogP) is 2.18. The van der Waals surface area contributed by atoms with Crippen molar-refractivity contribution in [1.29, 1.82) is 0 Å². The van der Waals surface area contributed by atoms with Gasteiger partial charge in [-0.25, -0.2) is 4.98 Å². The molecule has 17 heavy (non-hydrogen) atoms. The highest BCUT2D eigenvalue weighted by atomic mass is 79.9. The van der Waals surface area contributed by atoms with Gasteiger partial charge in [-0.3, -0.25) is 4.79 Å². The summed E-state index contributed by atoms with van der Waals surface area (Å²) in [5.74, 6) is 0. The lowest BCUT2D eigenvalue weighted by Crippen LogP contribution is -2.05. The molecule has 0 aliphatic carbocycles. The van der Waals surface area contributed by atoms with Crippen molar-refractivity contribution < 1.29 is 5.11 Å². The van der Waals surface area contributed by atoms with Crippen LogP contribution in [0.25, 0.3) is 0 Å². The Kier molecular flexibility index (Phi) is 3.98. The fourth-order valence-electron chi connectivity index (χ4n) is 1.23. The molecule has 0 unspecified atom stereocenters. The molecular weight excluding hydrogens is 304 g/mol. The number of aliphatic hydroxyl groups excluding tert-OH is 1. The van der Waals surface area contributed by atoms with E-state index < -0.39 is 0 Å². The Balaban J connectivity index is 2.27. The number of benzene rings is 1. The van der Waals surface area contributed by atoms with Gasteiger partial charge in [-0.15, -0.1) is 0 Å². The van der Waals surface area contributed by atoms with Crippen LogP contribution in [0.4, 0.5) is 0 Å². The van der Waals surface area contributed by atoms with E-state index in [0.29, 0.717) is 5.16 Å². The number of rotatable bonds is 3. The number of aliphatic hydroxyl groups is 1. The largest absolute Gasteiger partial charge is 0.392 e. The molecule has 1 aromatic carbocycles. The first-order valence-electron chi connectivity index (χ1n) is 4.81. The van der Waals surface area contributed by atoms with Crippen molar-refractivity contribution in [3.8, 4) is 0 Å². The highest BCUT2D eigenvalue weighted by Gasteiger charge is 2.05. The molecule has 0 atom stereocenters. The summed E-state index contributed by atoms with van der Waals surface area (Å²) in [6, 6.07) is 6.90. The van der Waals surface area contributed by atoms with Crippen LogP contribution in [0, 0.1) is 0 Å². The molecule has 2 N–H and O–H groups in total. The molecular formula is C11H9BrN2O2S. The van der Waals surface area contributed by atoms with Gasteiger partial charge < -0.3 is 10.1 Å². The number of nitrogens with zero attached hydrogens (tertiary/aromatic N) is 1. The molecule has 1 heterocycles. The number of aromatic nitrogens is 2. The van der Waals surface area contributed by atoms with Crippen molar-refractivity contribution in [3.05, 3.63) is 50.9 Å². The highest BCUT2D eigenvalue weighted by molar-refractivity contribution is 9.10. The minimum absolute atomic E-state index is 0.00394. The first-order chi connectivity index (χ1) is 8.19. The maximum atomic E-state index is 11.1. The Morgan fingerprint density at radius 2 is 2.24 bits per heavy atom. The minimum Gasteiger partial charge on any atom is -0.392 e. The normalized spacial score (nSPS) is 10.5. The predicted molar refractivity (Wildman–Crippen MR) is 69.0 cm³/mol. The molecule has 0 aliphatic heterocycles. The summed E-state index contributed by atoms with van der Waals surface area (Å²) in [5.41, 5.74) is 0.654. The summed E-state index contributed by atoms with van der Waals surface area (Å²) in [7, 11) is 0. The van der Waals surface area contributed by atoms with E-state index in [-0.39, 0.29) is 12.2 Å². The Morgan fingerprint density at radius 3 is 2.88 bits per heavy atom. The summed E-state index contributed by atoms with van der Waals surface area (Å²) >= 11 is 4.76. The lowest BCUT2D eigenvalue weighted by molar-refractivity contribution is 0.281. The molecule has 4 nitrogen and oxygen atoms in total. The van der Waals surface area contributed by atoms with Crippen molar-refractivity contribution in [1.82, 2.24) is 9.97 Å². The fraction of sp³-hybridized carbons (Fsp3) is 0.0909. The third-order valence-corrected chi connectivity index (χ3v) is 3.93. The van der Waals surface area contributed by atoms with Crippen molar-refractivity contribution in [3.63, 3.8) is 0 Å². The van der Waals surface area contributed by atoms with Crippen molar-refractivity contribution in [2.75, 3.05) is 0 Å². The summed E-state index contributed by atoms with van der Waals surface area (Å²) in [4.78, 5) is 18.7. The maximum absolute atomic E-state index is 11.1. The number of halogens is 1. The monoisotopic (exact) mass is 312 g/mol. The van der Waals surface area contributed by atoms with Gasteiger partial charge in [0.25, 0.3) is 5.56 Å². The van der Waals surface area contributed by atoms with Gasteiger partial charge in [0.15, 0.2) is 5.16 Å². The second kappa shape index (κ2) is 5.48. The van der Waals surface area contributed by atoms with Crippen LogP contribution in [-0.4, -0.2) is 15.1 Å². The number of hydrogen-bond donors (Lipinski definition) is 2. The van der Waals surface area contributed by atoms with Gasteiger partial charge >= 0.3 is 0 Å². The third-order valence-electron chi connectivity index (χ3n) is 2.03. The van der Waals surface area contributed by atoms with Gasteiger partial charge in [-0.2, -0.15) is 0 Å². The summed E-state index contributed by atoms with van der Waals surface area (Å²) in [5, 5.41) is 9.53.